The first-order valence-corrected chi connectivity index (χ1v) is 16.5. The lowest BCUT2D eigenvalue weighted by Crippen LogP contribution is -2.50. The summed E-state index contributed by atoms with van der Waals surface area (Å²) in [6.45, 7) is 8.66. The Morgan fingerprint density at radius 1 is 1.14 bits per heavy atom. The zero-order valence-corrected chi connectivity index (χ0v) is 26.8. The van der Waals surface area contributed by atoms with Crippen LogP contribution in [-0.2, 0) is 38.1 Å². The van der Waals surface area contributed by atoms with Crippen LogP contribution in [0.2, 0.25) is 0 Å². The maximum atomic E-state index is 12.5. The van der Waals surface area contributed by atoms with Crippen LogP contribution in [0.5, 0.6) is 0 Å². The number of carbonyl (C=O) groups is 3. The molecule has 8 atom stereocenters. The van der Waals surface area contributed by atoms with Crippen LogP contribution in [0.1, 0.15) is 72.6 Å². The second kappa shape index (κ2) is 16.6. The van der Waals surface area contributed by atoms with Crippen molar-refractivity contribution >= 4 is 29.6 Å². The second-order valence-electron chi connectivity index (χ2n) is 11.9. The lowest BCUT2D eigenvalue weighted by atomic mass is 9.88. The van der Waals surface area contributed by atoms with E-state index < -0.39 is 6.10 Å². The number of carbonyl (C=O) groups excluding carboxylic acids is 3. The second-order valence-corrected chi connectivity index (χ2v) is 12.8. The monoisotopic (exact) mass is 607 g/mol. The molecule has 3 fully saturated rings. The highest BCUT2D eigenvalue weighted by atomic mass is 32.2. The molecule has 0 bridgehead atoms. The van der Waals surface area contributed by atoms with Gasteiger partial charge in [-0.05, 0) is 64.0 Å². The number of nitrogens with one attached hydrogen (secondary N) is 1. The van der Waals surface area contributed by atoms with Crippen LogP contribution in [0, 0.1) is 5.92 Å². The summed E-state index contributed by atoms with van der Waals surface area (Å²) in [6, 6.07) is -0.0962. The topological polar surface area (TPSA) is 113 Å². The summed E-state index contributed by atoms with van der Waals surface area (Å²) >= 11 is 1.70. The summed E-state index contributed by atoms with van der Waals surface area (Å²) in [5.74, 6) is 0.448. The first-order chi connectivity index (χ1) is 20.0. The fraction of sp³-hybridized carbons (Fsp3) is 0.719. The Morgan fingerprint density at radius 3 is 2.60 bits per heavy atom. The van der Waals surface area contributed by atoms with Crippen LogP contribution in [0.25, 0.3) is 0 Å². The molecule has 0 saturated carbocycles. The van der Waals surface area contributed by atoms with Crippen molar-refractivity contribution in [2.75, 3.05) is 25.7 Å². The largest absolute Gasteiger partial charge is 0.469 e. The van der Waals surface area contributed by atoms with Gasteiger partial charge in [0.15, 0.2) is 0 Å². The van der Waals surface area contributed by atoms with E-state index in [-0.39, 0.29) is 66.2 Å². The van der Waals surface area contributed by atoms with E-state index in [9.17, 15) is 14.4 Å². The fourth-order valence-electron chi connectivity index (χ4n) is 5.51. The smallest absolute Gasteiger partial charge is 0.308 e. The minimum absolute atomic E-state index is 0.0519. The van der Waals surface area contributed by atoms with Crippen molar-refractivity contribution in [3.63, 3.8) is 0 Å². The molecule has 42 heavy (non-hydrogen) atoms. The molecule has 236 valence electrons. The van der Waals surface area contributed by atoms with Gasteiger partial charge < -0.3 is 29.0 Å². The van der Waals surface area contributed by atoms with Gasteiger partial charge in [0, 0.05) is 25.3 Å². The highest BCUT2D eigenvalue weighted by Gasteiger charge is 2.51. The van der Waals surface area contributed by atoms with Crippen LogP contribution >= 0.6 is 11.8 Å². The molecule has 0 radical (unpaired) electrons. The maximum absolute atomic E-state index is 12.5. The minimum atomic E-state index is -0.459. The van der Waals surface area contributed by atoms with E-state index in [4.69, 9.17) is 23.7 Å². The number of amides is 1. The first-order valence-electron chi connectivity index (χ1n) is 15.1. The Labute approximate surface area is 255 Å². The average molecular weight is 608 g/mol. The number of epoxide rings is 1. The third-order valence-corrected chi connectivity index (χ3v) is 8.77. The van der Waals surface area contributed by atoms with E-state index in [1.165, 1.54) is 13.2 Å². The van der Waals surface area contributed by atoms with Crippen molar-refractivity contribution in [2.45, 2.75) is 115 Å². The van der Waals surface area contributed by atoms with Crippen LogP contribution in [0.15, 0.2) is 36.0 Å². The van der Waals surface area contributed by atoms with Crippen LogP contribution in [-0.4, -0.2) is 85.7 Å². The predicted molar refractivity (Wildman–Crippen MR) is 163 cm³/mol. The Hall–Kier alpha value is -2.14. The quantitative estimate of drug-likeness (QED) is 0.0988. The Kier molecular flexibility index (Phi) is 13.6. The maximum Gasteiger partial charge on any atom is 0.308 e. The zero-order chi connectivity index (χ0) is 30.7. The van der Waals surface area contributed by atoms with Crippen LogP contribution < -0.4 is 5.32 Å². The standard InChI is InChI=1S/C32H49NO8S/c1-21(9-12-25-18-32(20-38-32)19-26(41-25)17-31(36)37-5)10-13-28-22(2)16-27(24(4)40-28)33-29(34)14-11-23(3)39-30(35)8-7-15-42-6/h9-12,14,22-28H,7-8,13,15-20H2,1-6H3,(H,33,34)/b12-9+,14-11-,21-10+/t22-,23-,24+,25+,26+,27+,28-,32+/m0/s1. The molecule has 0 aliphatic carbocycles. The third-order valence-electron chi connectivity index (χ3n) is 8.07. The van der Waals surface area contributed by atoms with E-state index in [0.717, 1.165) is 43.4 Å². The lowest BCUT2D eigenvalue weighted by Gasteiger charge is -2.39. The van der Waals surface area contributed by atoms with Gasteiger partial charge in [0.05, 0.1) is 56.2 Å². The van der Waals surface area contributed by atoms with Gasteiger partial charge in [-0.3, -0.25) is 14.4 Å². The molecule has 1 spiro atoms. The highest BCUT2D eigenvalue weighted by molar-refractivity contribution is 7.98. The number of methoxy groups -OCH3 is 1. The van der Waals surface area contributed by atoms with Gasteiger partial charge in [-0.25, -0.2) is 0 Å². The molecule has 9 nitrogen and oxygen atoms in total. The number of thioether (sulfide) groups is 1. The number of ether oxygens (including phenoxy) is 5. The molecule has 3 aliphatic heterocycles. The van der Waals surface area contributed by atoms with E-state index >= 15 is 0 Å². The van der Waals surface area contributed by atoms with E-state index in [1.54, 1.807) is 24.8 Å². The summed E-state index contributed by atoms with van der Waals surface area (Å²) in [5.41, 5.74) is 0.952. The SMILES string of the molecule is COC(=O)C[C@@H]1C[C@@]2(CO2)C[C@@H](/C=C/C(C)=C/C[C@@H]2O[C@H](C)[C@H](NC(=O)/C=C\[C@H](C)OC(=O)CCCSC)C[C@@H]2C)O1. The molecule has 0 aromatic rings. The molecule has 1 amide bonds. The van der Waals surface area contributed by atoms with E-state index in [0.29, 0.717) is 13.0 Å². The van der Waals surface area contributed by atoms with Gasteiger partial charge in [0.2, 0.25) is 5.91 Å². The van der Waals surface area contributed by atoms with Gasteiger partial charge in [0.1, 0.15) is 6.10 Å². The van der Waals surface area contributed by atoms with Crippen molar-refractivity contribution in [1.82, 2.24) is 5.32 Å². The molecular weight excluding hydrogens is 558 g/mol. The van der Waals surface area contributed by atoms with Crippen molar-refractivity contribution in [2.24, 2.45) is 5.92 Å². The minimum Gasteiger partial charge on any atom is -0.469 e. The number of hydrogen-bond donors (Lipinski definition) is 1. The normalized spacial score (nSPS) is 32.2. The summed E-state index contributed by atoms with van der Waals surface area (Å²) in [4.78, 5) is 36.2. The van der Waals surface area contributed by atoms with E-state index in [1.807, 2.05) is 13.2 Å². The first kappa shape index (κ1) is 34.4. The predicted octanol–water partition coefficient (Wildman–Crippen LogP) is 4.69. The van der Waals surface area contributed by atoms with Crippen molar-refractivity contribution < 1.29 is 38.1 Å². The van der Waals surface area contributed by atoms with Gasteiger partial charge in [-0.1, -0.05) is 30.7 Å². The lowest BCUT2D eigenvalue weighted by molar-refractivity contribution is -0.147. The third kappa shape index (κ3) is 11.5. The molecule has 0 aromatic heterocycles. The van der Waals surface area contributed by atoms with E-state index in [2.05, 4.69) is 37.4 Å². The molecule has 0 aromatic carbocycles. The fourth-order valence-corrected chi connectivity index (χ4v) is 5.94. The molecule has 3 heterocycles. The van der Waals surface area contributed by atoms with Gasteiger partial charge in [-0.15, -0.1) is 0 Å². The average Bonchev–Trinajstić information content (AvgIpc) is 3.68. The molecule has 0 unspecified atom stereocenters. The van der Waals surface area contributed by atoms with Gasteiger partial charge >= 0.3 is 11.9 Å². The van der Waals surface area contributed by atoms with Gasteiger partial charge in [0.25, 0.3) is 0 Å². The molecule has 3 aliphatic rings. The Balaban J connectivity index is 1.42. The summed E-state index contributed by atoms with van der Waals surface area (Å²) in [5, 5.41) is 3.05. The molecular formula is C32H49NO8S. The van der Waals surface area contributed by atoms with Crippen LogP contribution in [0.4, 0.5) is 0 Å². The van der Waals surface area contributed by atoms with Crippen molar-refractivity contribution in [3.05, 3.63) is 36.0 Å². The Morgan fingerprint density at radius 2 is 1.90 bits per heavy atom. The number of hydrogen-bond acceptors (Lipinski definition) is 9. The summed E-state index contributed by atoms with van der Waals surface area (Å²) < 4.78 is 28.3. The number of rotatable bonds is 14. The van der Waals surface area contributed by atoms with Crippen molar-refractivity contribution in [1.29, 1.82) is 0 Å². The molecule has 3 saturated heterocycles. The molecule has 10 heteroatoms. The highest BCUT2D eigenvalue weighted by Crippen LogP contribution is 2.43. The zero-order valence-electron chi connectivity index (χ0n) is 26.0. The summed E-state index contributed by atoms with van der Waals surface area (Å²) in [6.07, 6.45) is 15.0. The molecule has 1 N–H and O–H groups in total. The van der Waals surface area contributed by atoms with Crippen molar-refractivity contribution in [3.8, 4) is 0 Å². The summed E-state index contributed by atoms with van der Waals surface area (Å²) in [7, 11) is 1.39. The molecule has 3 rings (SSSR count). The Bertz CT molecular complexity index is 1010. The van der Waals surface area contributed by atoms with Crippen LogP contribution in [0.3, 0.4) is 0 Å². The number of esters is 2. The van der Waals surface area contributed by atoms with Gasteiger partial charge in [-0.2, -0.15) is 11.8 Å². The number of allylic oxidation sites excluding steroid dienone is 2.